The first-order valence-electron chi connectivity index (χ1n) is 11.5. The van der Waals surface area contributed by atoms with Crippen molar-refractivity contribution in [2.75, 3.05) is 0 Å². The maximum absolute atomic E-state index is 13.3. The number of halogens is 1. The van der Waals surface area contributed by atoms with Crippen LogP contribution in [0.1, 0.15) is 22.5 Å². The van der Waals surface area contributed by atoms with Crippen LogP contribution < -0.4 is 4.74 Å². The molecule has 1 aliphatic heterocycles. The minimum Gasteiger partial charge on any atom is -0.489 e. The van der Waals surface area contributed by atoms with Gasteiger partial charge in [0.25, 0.3) is 5.91 Å². The number of carbonyl (C=O) groups excluding carboxylic acids is 1. The van der Waals surface area contributed by atoms with Crippen LogP contribution in [0.25, 0.3) is 6.08 Å². The standard InChI is InChI=1S/C29H22BrN3O3S/c30-24-11-4-10-23(15-24)18-31-32-29-33(19-26-13-6-14-35-26)28(34)27(37-29)17-22-9-5-12-25(16-22)36-20-21-7-2-1-3-8-21/h1-18H,19-20H2/b27-17-,31-18-,32-29+. The second-order valence-electron chi connectivity index (χ2n) is 8.11. The zero-order chi connectivity index (χ0) is 25.5. The van der Waals surface area contributed by atoms with Crippen LogP contribution >= 0.6 is 27.7 Å². The molecule has 4 aromatic rings. The van der Waals surface area contributed by atoms with Crippen molar-refractivity contribution in [1.82, 2.24) is 4.90 Å². The molecule has 0 radical (unpaired) electrons. The summed E-state index contributed by atoms with van der Waals surface area (Å²) in [6.07, 6.45) is 5.09. The third kappa shape index (κ3) is 6.67. The van der Waals surface area contributed by atoms with Gasteiger partial charge in [0.2, 0.25) is 0 Å². The molecule has 1 amide bonds. The maximum atomic E-state index is 13.3. The first-order chi connectivity index (χ1) is 18.1. The number of carbonyl (C=O) groups is 1. The van der Waals surface area contributed by atoms with Crippen LogP contribution in [0, 0.1) is 0 Å². The molecule has 0 saturated carbocycles. The van der Waals surface area contributed by atoms with E-state index in [1.807, 2.05) is 91.0 Å². The predicted molar refractivity (Wildman–Crippen MR) is 151 cm³/mol. The molecule has 0 atom stereocenters. The van der Waals surface area contributed by atoms with Crippen molar-refractivity contribution in [1.29, 1.82) is 0 Å². The number of furan rings is 1. The molecular weight excluding hydrogens is 550 g/mol. The van der Waals surface area contributed by atoms with Gasteiger partial charge in [-0.2, -0.15) is 5.10 Å². The smallest absolute Gasteiger partial charge is 0.267 e. The second kappa shape index (κ2) is 11.9. The monoisotopic (exact) mass is 571 g/mol. The van der Waals surface area contributed by atoms with Gasteiger partial charge in [0.15, 0.2) is 5.17 Å². The number of thioether (sulfide) groups is 1. The van der Waals surface area contributed by atoms with Crippen LogP contribution in [0.5, 0.6) is 5.75 Å². The number of hydrogen-bond acceptors (Lipinski definition) is 6. The van der Waals surface area contributed by atoms with Gasteiger partial charge in [0.1, 0.15) is 18.1 Å². The van der Waals surface area contributed by atoms with Crippen LogP contribution in [-0.4, -0.2) is 22.2 Å². The second-order valence-corrected chi connectivity index (χ2v) is 10.0. The fraction of sp³-hybridized carbons (Fsp3) is 0.0690. The van der Waals surface area contributed by atoms with Crippen molar-refractivity contribution in [3.63, 3.8) is 0 Å². The molecule has 184 valence electrons. The lowest BCUT2D eigenvalue weighted by atomic mass is 10.2. The molecule has 5 rings (SSSR count). The molecule has 6 nitrogen and oxygen atoms in total. The SMILES string of the molecule is O=C1/C(=C/c2cccc(OCc3ccccc3)c2)S/C(=N/N=C\c2cccc(Br)c2)N1Cc1ccco1. The molecule has 0 bridgehead atoms. The Labute approximate surface area is 227 Å². The highest BCUT2D eigenvalue weighted by molar-refractivity contribution is 9.10. The van der Waals surface area contributed by atoms with Crippen molar-refractivity contribution < 1.29 is 13.9 Å². The average molecular weight is 572 g/mol. The highest BCUT2D eigenvalue weighted by Gasteiger charge is 2.34. The quantitative estimate of drug-likeness (QED) is 0.128. The molecule has 1 fully saturated rings. The van der Waals surface area contributed by atoms with E-state index in [1.165, 1.54) is 11.8 Å². The van der Waals surface area contributed by atoms with E-state index >= 15 is 0 Å². The third-order valence-electron chi connectivity index (χ3n) is 5.39. The molecule has 37 heavy (non-hydrogen) atoms. The summed E-state index contributed by atoms with van der Waals surface area (Å²) in [5, 5.41) is 9.08. The number of amidine groups is 1. The van der Waals surface area contributed by atoms with E-state index < -0.39 is 0 Å². The first kappa shape index (κ1) is 24.8. The van der Waals surface area contributed by atoms with E-state index in [9.17, 15) is 4.79 Å². The van der Waals surface area contributed by atoms with Crippen LogP contribution in [0.15, 0.2) is 121 Å². The van der Waals surface area contributed by atoms with Crippen LogP contribution in [0.3, 0.4) is 0 Å². The summed E-state index contributed by atoms with van der Waals surface area (Å²) in [5.41, 5.74) is 2.84. The Morgan fingerprint density at radius 3 is 2.59 bits per heavy atom. The van der Waals surface area contributed by atoms with Gasteiger partial charge in [0.05, 0.1) is 23.9 Å². The first-order valence-corrected chi connectivity index (χ1v) is 13.1. The number of benzene rings is 3. The normalized spacial score (nSPS) is 15.8. The van der Waals surface area contributed by atoms with Gasteiger partial charge in [-0.05, 0) is 70.9 Å². The van der Waals surface area contributed by atoms with E-state index in [0.29, 0.717) is 22.4 Å². The van der Waals surface area contributed by atoms with Gasteiger partial charge in [-0.15, -0.1) is 5.10 Å². The fourth-order valence-electron chi connectivity index (χ4n) is 3.60. The van der Waals surface area contributed by atoms with E-state index in [-0.39, 0.29) is 12.5 Å². The minimum absolute atomic E-state index is 0.159. The number of rotatable bonds is 8. The molecule has 3 aromatic carbocycles. The Kier molecular flexibility index (Phi) is 7.98. The molecule has 0 aliphatic carbocycles. The van der Waals surface area contributed by atoms with Crippen molar-refractivity contribution in [2.24, 2.45) is 10.2 Å². The predicted octanol–water partition coefficient (Wildman–Crippen LogP) is 7.13. The lowest BCUT2D eigenvalue weighted by molar-refractivity contribution is -0.122. The number of nitrogens with zero attached hydrogens (tertiary/aromatic N) is 3. The summed E-state index contributed by atoms with van der Waals surface area (Å²) in [6.45, 7) is 0.736. The van der Waals surface area contributed by atoms with Gasteiger partial charge in [-0.1, -0.05) is 70.5 Å². The highest BCUT2D eigenvalue weighted by Crippen LogP contribution is 2.34. The summed E-state index contributed by atoms with van der Waals surface area (Å²) in [5.74, 6) is 1.23. The van der Waals surface area contributed by atoms with Gasteiger partial charge < -0.3 is 9.15 Å². The molecule has 1 saturated heterocycles. The van der Waals surface area contributed by atoms with Gasteiger partial charge in [-0.3, -0.25) is 9.69 Å². The maximum Gasteiger partial charge on any atom is 0.267 e. The summed E-state index contributed by atoms with van der Waals surface area (Å²) in [7, 11) is 0. The zero-order valence-corrected chi connectivity index (χ0v) is 22.1. The van der Waals surface area contributed by atoms with Crippen LogP contribution in [0.2, 0.25) is 0 Å². The Morgan fingerprint density at radius 1 is 0.946 bits per heavy atom. The average Bonchev–Trinajstić information content (AvgIpc) is 3.53. The Bertz CT molecular complexity index is 1470. The zero-order valence-electron chi connectivity index (χ0n) is 19.7. The molecule has 2 heterocycles. The van der Waals surface area contributed by atoms with Gasteiger partial charge in [-0.25, -0.2) is 0 Å². The highest BCUT2D eigenvalue weighted by atomic mass is 79.9. The number of hydrogen-bond donors (Lipinski definition) is 0. The van der Waals surface area contributed by atoms with Crippen molar-refractivity contribution in [2.45, 2.75) is 13.2 Å². The summed E-state index contributed by atoms with van der Waals surface area (Å²) in [6, 6.07) is 29.0. The molecule has 0 spiro atoms. The van der Waals surface area contributed by atoms with Gasteiger partial charge >= 0.3 is 0 Å². The van der Waals surface area contributed by atoms with Crippen molar-refractivity contribution >= 4 is 51.1 Å². The molecule has 1 aromatic heterocycles. The molecule has 1 aliphatic rings. The number of ether oxygens (including phenoxy) is 1. The van der Waals surface area contributed by atoms with E-state index in [2.05, 4.69) is 26.1 Å². The fourth-order valence-corrected chi connectivity index (χ4v) is 4.95. The molecule has 0 unspecified atom stereocenters. The third-order valence-corrected chi connectivity index (χ3v) is 6.88. The van der Waals surface area contributed by atoms with Crippen LogP contribution in [0.4, 0.5) is 0 Å². The van der Waals surface area contributed by atoms with Gasteiger partial charge in [0, 0.05) is 4.47 Å². The molecule has 8 heteroatoms. The topological polar surface area (TPSA) is 67.4 Å². The Balaban J connectivity index is 1.36. The van der Waals surface area contributed by atoms with Crippen molar-refractivity contribution in [3.8, 4) is 5.75 Å². The van der Waals surface area contributed by atoms with Crippen molar-refractivity contribution in [3.05, 3.63) is 129 Å². The summed E-state index contributed by atoms with van der Waals surface area (Å²) >= 11 is 4.74. The Hall–Kier alpha value is -3.88. The Morgan fingerprint density at radius 2 is 1.78 bits per heavy atom. The molecule has 0 N–H and O–H groups in total. The molecular formula is C29H22BrN3O3S. The minimum atomic E-state index is -0.159. The van der Waals surface area contributed by atoms with E-state index in [1.54, 1.807) is 23.4 Å². The number of amides is 1. The lowest BCUT2D eigenvalue weighted by Gasteiger charge is -2.12. The van der Waals surface area contributed by atoms with Crippen LogP contribution in [-0.2, 0) is 17.9 Å². The van der Waals surface area contributed by atoms with E-state index in [4.69, 9.17) is 9.15 Å². The summed E-state index contributed by atoms with van der Waals surface area (Å²) < 4.78 is 12.4. The summed E-state index contributed by atoms with van der Waals surface area (Å²) in [4.78, 5) is 15.5. The van der Waals surface area contributed by atoms with E-state index in [0.717, 1.165) is 26.9 Å². The lowest BCUT2D eigenvalue weighted by Crippen LogP contribution is -2.28. The largest absolute Gasteiger partial charge is 0.489 e.